The van der Waals surface area contributed by atoms with E-state index in [2.05, 4.69) is 0 Å². The van der Waals surface area contributed by atoms with Crippen molar-refractivity contribution in [3.63, 3.8) is 0 Å². The topological polar surface area (TPSA) is 74.2 Å². The Bertz CT molecular complexity index is 1130. The van der Waals surface area contributed by atoms with Crippen LogP contribution >= 0.6 is 23.2 Å². The number of methoxy groups -OCH3 is 1. The van der Waals surface area contributed by atoms with E-state index in [-0.39, 0.29) is 25.2 Å². The lowest BCUT2D eigenvalue weighted by Crippen LogP contribution is -2.29. The van der Waals surface area contributed by atoms with Crippen molar-refractivity contribution in [1.82, 2.24) is 0 Å². The predicted octanol–water partition coefficient (Wildman–Crippen LogP) is 6.55. The van der Waals surface area contributed by atoms with Crippen LogP contribution in [0.4, 0.5) is 0 Å². The van der Waals surface area contributed by atoms with Crippen LogP contribution < -0.4 is 9.47 Å². The molecule has 1 N–H and O–H groups in total. The van der Waals surface area contributed by atoms with Crippen molar-refractivity contribution in [2.45, 2.75) is 38.6 Å². The van der Waals surface area contributed by atoms with Crippen LogP contribution in [0.1, 0.15) is 19.4 Å². The first-order chi connectivity index (χ1) is 17.2. The van der Waals surface area contributed by atoms with E-state index in [1.54, 1.807) is 19.2 Å². The average molecular weight is 533 g/mol. The van der Waals surface area contributed by atoms with Crippen LogP contribution in [0.25, 0.3) is 11.1 Å². The second kappa shape index (κ2) is 13.5. The van der Waals surface area contributed by atoms with E-state index < -0.39 is 12.1 Å². The standard InChI is InChI=1S/C28H30Cl2O6/c1-18(2)36-27(28(31)32)14-19-5-4-6-23(13-19)35-17-24(33-3)16-34-22-10-7-20(8-11-22)25-12-9-21(29)15-26(25)30/h4-13,15,18,24,27H,14,16-17H2,1-3H3,(H,31,32). The molecule has 0 heterocycles. The highest BCUT2D eigenvalue weighted by Crippen LogP contribution is 2.31. The molecular formula is C28H30Cl2O6. The molecule has 0 spiro atoms. The quantitative estimate of drug-likeness (QED) is 0.269. The molecule has 192 valence electrons. The molecule has 0 bridgehead atoms. The molecule has 6 nitrogen and oxygen atoms in total. The maximum atomic E-state index is 11.5. The smallest absolute Gasteiger partial charge is 0.333 e. The van der Waals surface area contributed by atoms with E-state index in [9.17, 15) is 9.90 Å². The number of carbonyl (C=O) groups is 1. The van der Waals surface area contributed by atoms with Crippen molar-refractivity contribution in [2.24, 2.45) is 0 Å². The van der Waals surface area contributed by atoms with Gasteiger partial charge in [0.1, 0.15) is 30.8 Å². The van der Waals surface area contributed by atoms with Gasteiger partial charge in [-0.15, -0.1) is 0 Å². The van der Waals surface area contributed by atoms with Crippen LogP contribution in [-0.4, -0.2) is 49.7 Å². The van der Waals surface area contributed by atoms with Gasteiger partial charge in [-0.25, -0.2) is 4.79 Å². The van der Waals surface area contributed by atoms with Crippen LogP contribution in [0, 0.1) is 0 Å². The molecular weight excluding hydrogens is 503 g/mol. The third-order valence-electron chi connectivity index (χ3n) is 5.33. The van der Waals surface area contributed by atoms with E-state index in [0.717, 1.165) is 16.7 Å². The third-order valence-corrected chi connectivity index (χ3v) is 5.88. The fourth-order valence-corrected chi connectivity index (χ4v) is 4.03. The van der Waals surface area contributed by atoms with E-state index in [1.165, 1.54) is 0 Å². The number of carboxylic acid groups (broad SMARTS) is 1. The van der Waals surface area contributed by atoms with Gasteiger partial charge in [-0.1, -0.05) is 53.5 Å². The monoisotopic (exact) mass is 532 g/mol. The highest BCUT2D eigenvalue weighted by atomic mass is 35.5. The first-order valence-corrected chi connectivity index (χ1v) is 12.3. The second-order valence-electron chi connectivity index (χ2n) is 8.49. The maximum Gasteiger partial charge on any atom is 0.333 e. The minimum absolute atomic E-state index is 0.181. The molecule has 0 aliphatic carbocycles. The Balaban J connectivity index is 1.53. The SMILES string of the molecule is COC(COc1ccc(-c2ccc(Cl)cc2Cl)cc1)COc1cccc(CC(OC(C)C)C(=O)O)c1. The summed E-state index contributed by atoms with van der Waals surface area (Å²) in [5, 5.41) is 10.6. The summed E-state index contributed by atoms with van der Waals surface area (Å²) in [6.45, 7) is 4.18. The van der Waals surface area contributed by atoms with Crippen molar-refractivity contribution in [2.75, 3.05) is 20.3 Å². The van der Waals surface area contributed by atoms with Gasteiger partial charge in [0.2, 0.25) is 0 Å². The molecule has 0 aliphatic rings. The zero-order valence-corrected chi connectivity index (χ0v) is 22.0. The first-order valence-electron chi connectivity index (χ1n) is 11.6. The van der Waals surface area contributed by atoms with Gasteiger partial charge in [0.25, 0.3) is 0 Å². The van der Waals surface area contributed by atoms with Gasteiger partial charge in [-0.05, 0) is 61.4 Å². The number of benzene rings is 3. The lowest BCUT2D eigenvalue weighted by molar-refractivity contribution is -0.153. The molecule has 0 saturated carbocycles. The molecule has 2 unspecified atom stereocenters. The minimum atomic E-state index is -0.990. The van der Waals surface area contributed by atoms with Crippen LogP contribution in [0.2, 0.25) is 10.0 Å². The number of hydrogen-bond donors (Lipinski definition) is 1. The van der Waals surface area contributed by atoms with Gasteiger partial charge in [0.15, 0.2) is 6.10 Å². The maximum absolute atomic E-state index is 11.5. The van der Waals surface area contributed by atoms with E-state index in [0.29, 0.717) is 28.2 Å². The van der Waals surface area contributed by atoms with Crippen LogP contribution in [0.5, 0.6) is 11.5 Å². The summed E-state index contributed by atoms with van der Waals surface area (Å²) < 4.78 is 22.8. The number of aliphatic carboxylic acids is 1. The predicted molar refractivity (Wildman–Crippen MR) is 141 cm³/mol. The van der Waals surface area contributed by atoms with Crippen LogP contribution in [0.15, 0.2) is 66.7 Å². The Labute approximate surface area is 221 Å². The zero-order valence-electron chi connectivity index (χ0n) is 20.4. The summed E-state index contributed by atoms with van der Waals surface area (Å²) in [7, 11) is 1.60. The van der Waals surface area contributed by atoms with E-state index in [1.807, 2.05) is 68.4 Å². The Morgan fingerprint density at radius 2 is 1.61 bits per heavy atom. The van der Waals surface area contributed by atoms with Gasteiger partial charge in [-0.2, -0.15) is 0 Å². The minimum Gasteiger partial charge on any atom is -0.491 e. The van der Waals surface area contributed by atoms with Crippen LogP contribution in [0.3, 0.4) is 0 Å². The number of hydrogen-bond acceptors (Lipinski definition) is 5. The number of carboxylic acids is 1. The average Bonchev–Trinajstić information content (AvgIpc) is 2.84. The lowest BCUT2D eigenvalue weighted by atomic mass is 10.1. The first kappa shape index (κ1) is 27.8. The molecule has 3 aromatic rings. The summed E-state index contributed by atoms with van der Waals surface area (Å²) in [5.74, 6) is 0.320. The van der Waals surface area contributed by atoms with Crippen molar-refractivity contribution >= 4 is 29.2 Å². The van der Waals surface area contributed by atoms with E-state index >= 15 is 0 Å². The Morgan fingerprint density at radius 1 is 0.917 bits per heavy atom. The molecule has 0 aliphatic heterocycles. The van der Waals surface area contributed by atoms with Gasteiger partial charge < -0.3 is 24.1 Å². The van der Waals surface area contributed by atoms with Gasteiger partial charge in [0, 0.05) is 29.1 Å². The molecule has 36 heavy (non-hydrogen) atoms. The molecule has 0 saturated heterocycles. The molecule has 8 heteroatoms. The van der Waals surface area contributed by atoms with Crippen molar-refractivity contribution < 1.29 is 28.8 Å². The second-order valence-corrected chi connectivity index (χ2v) is 9.34. The van der Waals surface area contributed by atoms with Crippen LogP contribution in [-0.2, 0) is 20.7 Å². The third kappa shape index (κ3) is 8.42. The summed E-state index contributed by atoms with van der Waals surface area (Å²) in [6.07, 6.45) is -1.16. The molecule has 0 fully saturated rings. The molecule has 0 amide bonds. The lowest BCUT2D eigenvalue weighted by Gasteiger charge is -2.19. The summed E-state index contributed by atoms with van der Waals surface area (Å²) in [4.78, 5) is 11.5. The molecule has 3 aromatic carbocycles. The fraction of sp³-hybridized carbons (Fsp3) is 0.321. The Kier molecular flexibility index (Phi) is 10.4. The molecule has 2 atom stereocenters. The molecule has 3 rings (SSSR count). The van der Waals surface area contributed by atoms with E-state index in [4.69, 9.17) is 42.1 Å². The summed E-state index contributed by atoms with van der Waals surface area (Å²) in [6, 6.07) is 20.3. The Morgan fingerprint density at radius 3 is 2.22 bits per heavy atom. The van der Waals surface area contributed by atoms with Crippen molar-refractivity contribution in [1.29, 1.82) is 0 Å². The van der Waals surface area contributed by atoms with Crippen molar-refractivity contribution in [3.05, 3.63) is 82.3 Å². The van der Waals surface area contributed by atoms with Gasteiger partial charge in [-0.3, -0.25) is 0 Å². The largest absolute Gasteiger partial charge is 0.491 e. The summed E-state index contributed by atoms with van der Waals surface area (Å²) >= 11 is 12.3. The number of halogens is 2. The van der Waals surface area contributed by atoms with Gasteiger partial charge in [0.05, 0.1) is 6.10 Å². The summed E-state index contributed by atoms with van der Waals surface area (Å²) in [5.41, 5.74) is 2.66. The number of ether oxygens (including phenoxy) is 4. The Hall–Kier alpha value is -2.77. The van der Waals surface area contributed by atoms with Gasteiger partial charge >= 0.3 is 5.97 Å². The highest BCUT2D eigenvalue weighted by molar-refractivity contribution is 6.36. The fourth-order valence-electron chi connectivity index (χ4n) is 3.52. The number of rotatable bonds is 13. The normalized spacial score (nSPS) is 12.8. The van der Waals surface area contributed by atoms with Crippen molar-refractivity contribution in [3.8, 4) is 22.6 Å². The molecule has 0 aromatic heterocycles. The zero-order chi connectivity index (χ0) is 26.1. The molecule has 0 radical (unpaired) electrons. The highest BCUT2D eigenvalue weighted by Gasteiger charge is 2.20.